The van der Waals surface area contributed by atoms with Crippen molar-refractivity contribution in [1.82, 2.24) is 9.57 Å². The molecule has 5 nitrogen and oxygen atoms in total. The number of nitrogens with zero attached hydrogens (tertiary/aromatic N) is 4. The predicted molar refractivity (Wildman–Crippen MR) is 130 cm³/mol. The van der Waals surface area contributed by atoms with Crippen LogP contribution in [0.15, 0.2) is 42.5 Å². The molecule has 3 rings (SSSR count). The lowest BCUT2D eigenvalue weighted by Crippen LogP contribution is -2.42. The summed E-state index contributed by atoms with van der Waals surface area (Å²) in [6.45, 7) is 9.82. The van der Waals surface area contributed by atoms with Gasteiger partial charge in [0, 0.05) is 42.5 Å². The molecule has 0 bridgehead atoms. The number of hydrogen-bond acceptors (Lipinski definition) is 4. The van der Waals surface area contributed by atoms with E-state index in [1.165, 1.54) is 12.1 Å². The number of carbonyl (C=O) groups is 1. The lowest BCUT2D eigenvalue weighted by atomic mass is 10.0. The minimum atomic E-state index is -0.358. The second-order valence-electron chi connectivity index (χ2n) is 8.86. The number of anilines is 2. The number of amides is 1. The van der Waals surface area contributed by atoms with Crippen LogP contribution in [0.5, 0.6) is 0 Å². The Bertz CT molecular complexity index is 970. The van der Waals surface area contributed by atoms with Crippen LogP contribution in [0, 0.1) is 17.1 Å². The Kier molecular flexibility index (Phi) is 7.87. The Labute approximate surface area is 193 Å². The van der Waals surface area contributed by atoms with Crippen molar-refractivity contribution in [1.29, 1.82) is 5.26 Å². The van der Waals surface area contributed by atoms with Crippen LogP contribution in [0.4, 0.5) is 15.8 Å². The molecule has 1 saturated heterocycles. The highest BCUT2D eigenvalue weighted by Gasteiger charge is 2.28. The van der Waals surface area contributed by atoms with Gasteiger partial charge in [-0.1, -0.05) is 9.39 Å². The molecule has 1 unspecified atom stereocenters. The zero-order valence-electron chi connectivity index (χ0n) is 19.3. The summed E-state index contributed by atoms with van der Waals surface area (Å²) in [5.41, 5.74) is 2.25. The van der Waals surface area contributed by atoms with E-state index in [-0.39, 0.29) is 29.8 Å². The second-order valence-corrected chi connectivity index (χ2v) is 9.59. The van der Waals surface area contributed by atoms with E-state index in [9.17, 15) is 14.4 Å². The van der Waals surface area contributed by atoms with Gasteiger partial charge in [0.05, 0.1) is 17.3 Å². The number of hydrogen-bond donors (Lipinski definition) is 0. The fraction of sp³-hybridized carbons (Fsp3) is 0.440. The van der Waals surface area contributed by atoms with Crippen molar-refractivity contribution in [2.75, 3.05) is 18.0 Å². The molecular formula is C25H32FN4OP. The molecule has 2 aromatic rings. The lowest BCUT2D eigenvalue weighted by Gasteiger charge is -2.39. The van der Waals surface area contributed by atoms with Gasteiger partial charge in [0.1, 0.15) is 5.82 Å². The van der Waals surface area contributed by atoms with E-state index < -0.39 is 0 Å². The van der Waals surface area contributed by atoms with Crippen molar-refractivity contribution in [3.8, 4) is 6.07 Å². The van der Waals surface area contributed by atoms with Crippen molar-refractivity contribution in [2.45, 2.75) is 58.7 Å². The van der Waals surface area contributed by atoms with E-state index in [1.807, 2.05) is 61.8 Å². The SMILES string of the molecule is CC(C)N(C(=O)c1ccc(N(c2cc(C#N)ccc2F)C2CCN(P)CC2)cc1)C(C)C. The van der Waals surface area contributed by atoms with Crippen LogP contribution >= 0.6 is 9.39 Å². The van der Waals surface area contributed by atoms with Crippen LogP contribution in [0.3, 0.4) is 0 Å². The maximum absolute atomic E-state index is 14.9. The highest BCUT2D eigenvalue weighted by Crippen LogP contribution is 2.35. The van der Waals surface area contributed by atoms with Crippen molar-refractivity contribution >= 4 is 26.7 Å². The Morgan fingerprint density at radius 2 is 1.69 bits per heavy atom. The first-order valence-electron chi connectivity index (χ1n) is 11.1. The molecule has 1 heterocycles. The zero-order valence-corrected chi connectivity index (χ0v) is 20.4. The van der Waals surface area contributed by atoms with Gasteiger partial charge in [-0.15, -0.1) is 0 Å². The fourth-order valence-electron chi connectivity index (χ4n) is 4.44. The Balaban J connectivity index is 1.99. The van der Waals surface area contributed by atoms with Crippen LogP contribution < -0.4 is 4.90 Å². The molecule has 1 amide bonds. The van der Waals surface area contributed by atoms with Gasteiger partial charge in [0.2, 0.25) is 0 Å². The number of nitriles is 1. The van der Waals surface area contributed by atoms with E-state index in [4.69, 9.17) is 0 Å². The summed E-state index contributed by atoms with van der Waals surface area (Å²) in [5, 5.41) is 9.35. The Morgan fingerprint density at radius 3 is 2.22 bits per heavy atom. The average Bonchev–Trinajstić information content (AvgIpc) is 2.76. The van der Waals surface area contributed by atoms with Gasteiger partial charge in [-0.25, -0.2) is 4.39 Å². The van der Waals surface area contributed by atoms with Gasteiger partial charge in [0.25, 0.3) is 5.91 Å². The molecule has 1 aliphatic heterocycles. The minimum Gasteiger partial charge on any atom is -0.336 e. The summed E-state index contributed by atoms with van der Waals surface area (Å²) >= 11 is 0. The van der Waals surface area contributed by atoms with Gasteiger partial charge in [-0.3, -0.25) is 9.46 Å². The van der Waals surface area contributed by atoms with Crippen LogP contribution in [0.2, 0.25) is 0 Å². The summed E-state index contributed by atoms with van der Waals surface area (Å²) in [7, 11) is 2.73. The molecule has 32 heavy (non-hydrogen) atoms. The molecule has 0 aliphatic carbocycles. The normalized spacial score (nSPS) is 15.1. The molecule has 0 radical (unpaired) electrons. The molecule has 1 fully saturated rings. The Morgan fingerprint density at radius 1 is 1.09 bits per heavy atom. The number of carbonyl (C=O) groups excluding carboxylic acids is 1. The van der Waals surface area contributed by atoms with Crippen LogP contribution in [0.1, 0.15) is 56.5 Å². The van der Waals surface area contributed by atoms with Crippen LogP contribution in [-0.2, 0) is 0 Å². The van der Waals surface area contributed by atoms with E-state index in [0.29, 0.717) is 16.8 Å². The maximum Gasteiger partial charge on any atom is 0.254 e. The summed E-state index contributed by atoms with van der Waals surface area (Å²) in [6.07, 6.45) is 1.74. The first-order valence-corrected chi connectivity index (χ1v) is 11.7. The summed E-state index contributed by atoms with van der Waals surface area (Å²) in [6, 6.07) is 14.3. The zero-order chi connectivity index (χ0) is 23.4. The third kappa shape index (κ3) is 5.28. The first-order chi connectivity index (χ1) is 15.2. The largest absolute Gasteiger partial charge is 0.336 e. The summed E-state index contributed by atoms with van der Waals surface area (Å²) < 4.78 is 17.1. The molecule has 1 aliphatic rings. The van der Waals surface area contributed by atoms with Crippen molar-refractivity contribution < 1.29 is 9.18 Å². The monoisotopic (exact) mass is 454 g/mol. The highest BCUT2D eigenvalue weighted by molar-refractivity contribution is 7.13. The Hall–Kier alpha value is -2.48. The van der Waals surface area contributed by atoms with Gasteiger partial charge in [0.15, 0.2) is 0 Å². The van der Waals surface area contributed by atoms with Crippen LogP contribution in [0.25, 0.3) is 0 Å². The molecule has 170 valence electrons. The van der Waals surface area contributed by atoms with Crippen molar-refractivity contribution in [3.63, 3.8) is 0 Å². The third-order valence-corrected chi connectivity index (χ3v) is 6.46. The standard InChI is InChI=1S/C25H32FN4OP/c1-17(2)29(18(3)4)25(31)20-6-8-21(9-7-20)30(22-11-13-28(32)14-12-22)24-15-19(16-27)5-10-23(24)26/h5-10,15,17-18,22H,11-14,32H2,1-4H3. The number of piperidine rings is 1. The molecule has 0 aromatic heterocycles. The molecule has 0 N–H and O–H groups in total. The highest BCUT2D eigenvalue weighted by atomic mass is 31.0. The topological polar surface area (TPSA) is 50.6 Å². The van der Waals surface area contributed by atoms with Crippen molar-refractivity contribution in [2.24, 2.45) is 0 Å². The third-order valence-electron chi connectivity index (χ3n) is 5.94. The van der Waals surface area contributed by atoms with Gasteiger partial charge >= 0.3 is 0 Å². The molecule has 2 aromatic carbocycles. The molecule has 0 spiro atoms. The van der Waals surface area contributed by atoms with E-state index >= 15 is 0 Å². The van der Waals surface area contributed by atoms with E-state index in [2.05, 4.69) is 20.1 Å². The maximum atomic E-state index is 14.9. The van der Waals surface area contributed by atoms with Gasteiger partial charge in [-0.2, -0.15) is 5.26 Å². The van der Waals surface area contributed by atoms with Gasteiger partial charge in [-0.05, 0) is 83.0 Å². The minimum absolute atomic E-state index is 0.0120. The fourth-order valence-corrected chi connectivity index (χ4v) is 4.73. The number of halogens is 1. The number of rotatable bonds is 6. The van der Waals surface area contributed by atoms with Crippen LogP contribution in [-0.4, -0.2) is 46.7 Å². The predicted octanol–water partition coefficient (Wildman–Crippen LogP) is 5.35. The smallest absolute Gasteiger partial charge is 0.254 e. The molecule has 7 heteroatoms. The first kappa shape index (κ1) is 24.2. The quantitative estimate of drug-likeness (QED) is 0.552. The summed E-state index contributed by atoms with van der Waals surface area (Å²) in [4.78, 5) is 16.9. The number of benzene rings is 2. The average molecular weight is 455 g/mol. The molecule has 0 saturated carbocycles. The molecule has 1 atom stereocenters. The molecular weight excluding hydrogens is 422 g/mol. The summed E-state index contributed by atoms with van der Waals surface area (Å²) in [5.74, 6) is -0.370. The van der Waals surface area contributed by atoms with E-state index in [1.54, 1.807) is 6.07 Å². The van der Waals surface area contributed by atoms with Gasteiger partial charge < -0.3 is 9.80 Å². The second kappa shape index (κ2) is 10.4. The van der Waals surface area contributed by atoms with Crippen molar-refractivity contribution in [3.05, 3.63) is 59.4 Å². The lowest BCUT2D eigenvalue weighted by molar-refractivity contribution is 0.0643. The van der Waals surface area contributed by atoms with E-state index in [0.717, 1.165) is 31.6 Å².